The molecule has 1 saturated heterocycles. The topological polar surface area (TPSA) is 12.0 Å². The Balaban J connectivity index is 2.41. The first kappa shape index (κ1) is 9.26. The number of nitrogens with one attached hydrogen (secondary N) is 1. The Kier molecular flexibility index (Phi) is 3.13. The first-order valence-electron chi connectivity index (χ1n) is 3.77. The highest BCUT2D eigenvalue weighted by atomic mass is 32.2. The van der Waals surface area contributed by atoms with E-state index in [2.05, 4.69) is 5.32 Å². The molecule has 1 atom stereocenters. The average Bonchev–Trinajstić information content (AvgIpc) is 2.37. The molecule has 1 fully saturated rings. The van der Waals surface area contributed by atoms with Gasteiger partial charge >= 0.3 is 0 Å². The van der Waals surface area contributed by atoms with Crippen LogP contribution < -0.4 is 5.32 Å². The van der Waals surface area contributed by atoms with Crippen molar-refractivity contribution in [2.24, 2.45) is 5.92 Å². The van der Waals surface area contributed by atoms with Gasteiger partial charge in [-0.05, 0) is 19.2 Å². The Bertz CT molecular complexity index is 124. The van der Waals surface area contributed by atoms with Crippen LogP contribution in [0.3, 0.4) is 0 Å². The molecule has 0 radical (unpaired) electrons. The Morgan fingerprint density at radius 1 is 1.64 bits per heavy atom. The highest BCUT2D eigenvalue weighted by molar-refractivity contribution is 7.99. The summed E-state index contributed by atoms with van der Waals surface area (Å²) in [6, 6.07) is 0. The van der Waals surface area contributed by atoms with Crippen molar-refractivity contribution in [2.45, 2.75) is 12.3 Å². The second kappa shape index (κ2) is 3.72. The van der Waals surface area contributed by atoms with Gasteiger partial charge in [0.1, 0.15) is 0 Å². The van der Waals surface area contributed by atoms with Gasteiger partial charge in [0, 0.05) is 11.7 Å². The van der Waals surface area contributed by atoms with E-state index in [0.717, 1.165) is 5.75 Å². The molecule has 0 saturated carbocycles. The van der Waals surface area contributed by atoms with E-state index in [-0.39, 0.29) is 6.54 Å². The summed E-state index contributed by atoms with van der Waals surface area (Å²) in [5, 5.41) is 2.53. The van der Waals surface area contributed by atoms with E-state index in [4.69, 9.17) is 0 Å². The van der Waals surface area contributed by atoms with Gasteiger partial charge in [-0.1, -0.05) is 0 Å². The quantitative estimate of drug-likeness (QED) is 0.709. The van der Waals surface area contributed by atoms with Gasteiger partial charge < -0.3 is 5.32 Å². The van der Waals surface area contributed by atoms with Gasteiger partial charge in [0.25, 0.3) is 5.92 Å². The van der Waals surface area contributed by atoms with Crippen LogP contribution in [0.15, 0.2) is 0 Å². The van der Waals surface area contributed by atoms with Gasteiger partial charge in [0.15, 0.2) is 0 Å². The molecular weight excluding hydrogens is 168 g/mol. The number of hydrogen-bond acceptors (Lipinski definition) is 2. The lowest BCUT2D eigenvalue weighted by molar-refractivity contribution is -0.0447. The summed E-state index contributed by atoms with van der Waals surface area (Å²) in [6.07, 6.45) is 0.666. The van der Waals surface area contributed by atoms with E-state index in [9.17, 15) is 8.78 Å². The van der Waals surface area contributed by atoms with E-state index in [0.29, 0.717) is 12.2 Å². The average molecular weight is 181 g/mol. The molecule has 1 heterocycles. The van der Waals surface area contributed by atoms with Crippen LogP contribution in [0.2, 0.25) is 0 Å². The number of rotatable bonds is 3. The number of alkyl halides is 2. The highest BCUT2D eigenvalue weighted by Gasteiger charge is 2.40. The van der Waals surface area contributed by atoms with Crippen molar-refractivity contribution in [1.29, 1.82) is 0 Å². The fourth-order valence-electron chi connectivity index (χ4n) is 1.25. The molecule has 1 nitrogen and oxygen atoms in total. The van der Waals surface area contributed by atoms with E-state index in [1.54, 1.807) is 18.8 Å². The molecule has 66 valence electrons. The van der Waals surface area contributed by atoms with Gasteiger partial charge in [-0.25, -0.2) is 8.78 Å². The zero-order valence-corrected chi connectivity index (χ0v) is 7.39. The van der Waals surface area contributed by atoms with Crippen molar-refractivity contribution in [3.8, 4) is 0 Å². The predicted octanol–water partition coefficient (Wildman–Crippen LogP) is 1.59. The van der Waals surface area contributed by atoms with Crippen molar-refractivity contribution in [3.05, 3.63) is 0 Å². The zero-order chi connectivity index (χ0) is 8.32. The predicted molar refractivity (Wildman–Crippen MR) is 44.3 cm³/mol. The van der Waals surface area contributed by atoms with Gasteiger partial charge in [-0.2, -0.15) is 11.8 Å². The Hall–Kier alpha value is 0.170. The van der Waals surface area contributed by atoms with Crippen molar-refractivity contribution in [2.75, 3.05) is 25.1 Å². The molecule has 4 heteroatoms. The minimum atomic E-state index is -2.50. The largest absolute Gasteiger partial charge is 0.314 e. The maximum Gasteiger partial charge on any atom is 0.263 e. The Morgan fingerprint density at radius 3 is 2.82 bits per heavy atom. The minimum absolute atomic E-state index is 0.182. The number of thioether (sulfide) groups is 1. The smallest absolute Gasteiger partial charge is 0.263 e. The molecule has 0 aromatic heterocycles. The lowest BCUT2D eigenvalue weighted by atomic mass is 10.0. The Morgan fingerprint density at radius 2 is 2.36 bits per heavy atom. The van der Waals surface area contributed by atoms with E-state index >= 15 is 0 Å². The minimum Gasteiger partial charge on any atom is -0.314 e. The highest BCUT2D eigenvalue weighted by Crippen LogP contribution is 2.35. The normalized spacial score (nSPS) is 25.9. The lowest BCUT2D eigenvalue weighted by Gasteiger charge is -2.21. The van der Waals surface area contributed by atoms with Gasteiger partial charge in [-0.15, -0.1) is 0 Å². The molecule has 0 amide bonds. The summed E-state index contributed by atoms with van der Waals surface area (Å²) in [5.41, 5.74) is 0. The molecule has 0 spiro atoms. The Labute approximate surface area is 69.9 Å². The van der Waals surface area contributed by atoms with Crippen LogP contribution in [0, 0.1) is 5.92 Å². The van der Waals surface area contributed by atoms with Gasteiger partial charge in [0.2, 0.25) is 0 Å². The number of halogens is 2. The van der Waals surface area contributed by atoms with Crippen molar-refractivity contribution >= 4 is 11.8 Å². The molecule has 0 aliphatic carbocycles. The summed E-state index contributed by atoms with van der Waals surface area (Å²) in [7, 11) is 1.57. The van der Waals surface area contributed by atoms with Crippen molar-refractivity contribution in [1.82, 2.24) is 5.32 Å². The van der Waals surface area contributed by atoms with E-state index < -0.39 is 11.8 Å². The molecule has 1 unspecified atom stereocenters. The summed E-state index contributed by atoms with van der Waals surface area (Å²) in [5.74, 6) is -1.39. The van der Waals surface area contributed by atoms with Gasteiger partial charge in [0.05, 0.1) is 6.54 Å². The van der Waals surface area contributed by atoms with Crippen LogP contribution in [-0.4, -0.2) is 31.0 Å². The first-order chi connectivity index (χ1) is 5.17. The zero-order valence-electron chi connectivity index (χ0n) is 6.57. The summed E-state index contributed by atoms with van der Waals surface area (Å²) in [4.78, 5) is 0. The number of hydrogen-bond donors (Lipinski definition) is 1. The second-order valence-corrected chi connectivity index (χ2v) is 4.00. The van der Waals surface area contributed by atoms with Crippen molar-refractivity contribution in [3.63, 3.8) is 0 Å². The molecule has 0 bridgehead atoms. The van der Waals surface area contributed by atoms with Crippen molar-refractivity contribution < 1.29 is 8.78 Å². The fraction of sp³-hybridized carbons (Fsp3) is 1.00. The summed E-state index contributed by atoms with van der Waals surface area (Å²) < 4.78 is 26.1. The molecular formula is C7H13F2NS. The third-order valence-electron chi connectivity index (χ3n) is 1.94. The third kappa shape index (κ3) is 2.30. The fourth-order valence-corrected chi connectivity index (χ4v) is 2.56. The SMILES string of the molecule is CNCC(F)(F)C1CCSC1. The van der Waals surface area contributed by atoms with E-state index in [1.165, 1.54) is 0 Å². The molecule has 11 heavy (non-hydrogen) atoms. The van der Waals surface area contributed by atoms with Crippen LogP contribution in [0.5, 0.6) is 0 Å². The standard InChI is InChI=1S/C7H13F2NS/c1-10-5-7(8,9)6-2-3-11-4-6/h6,10H,2-5H2,1H3. The van der Waals surface area contributed by atoms with Crippen LogP contribution in [-0.2, 0) is 0 Å². The molecule has 1 rings (SSSR count). The molecule has 1 N–H and O–H groups in total. The van der Waals surface area contributed by atoms with Crippen LogP contribution in [0.25, 0.3) is 0 Å². The van der Waals surface area contributed by atoms with Gasteiger partial charge in [-0.3, -0.25) is 0 Å². The summed E-state index contributed by atoms with van der Waals surface area (Å²) in [6.45, 7) is -0.182. The van der Waals surface area contributed by atoms with E-state index in [1.807, 2.05) is 0 Å². The third-order valence-corrected chi connectivity index (χ3v) is 3.10. The molecule has 0 aromatic rings. The monoisotopic (exact) mass is 181 g/mol. The maximum absolute atomic E-state index is 13.1. The summed E-state index contributed by atoms with van der Waals surface area (Å²) >= 11 is 1.63. The lowest BCUT2D eigenvalue weighted by Crippen LogP contribution is -2.38. The second-order valence-electron chi connectivity index (χ2n) is 2.85. The maximum atomic E-state index is 13.1. The molecule has 1 aliphatic rings. The first-order valence-corrected chi connectivity index (χ1v) is 4.92. The van der Waals surface area contributed by atoms with Crippen LogP contribution in [0.1, 0.15) is 6.42 Å². The molecule has 1 aliphatic heterocycles. The van der Waals surface area contributed by atoms with Crippen LogP contribution >= 0.6 is 11.8 Å². The molecule has 0 aromatic carbocycles. The van der Waals surface area contributed by atoms with Crippen LogP contribution in [0.4, 0.5) is 8.78 Å².